The third-order valence-corrected chi connectivity index (χ3v) is 4.22. The second-order valence-corrected chi connectivity index (χ2v) is 5.40. The summed E-state index contributed by atoms with van der Waals surface area (Å²) in [6.07, 6.45) is 4.73. The van der Waals surface area contributed by atoms with Gasteiger partial charge >= 0.3 is 5.97 Å². The Hall–Kier alpha value is -1.84. The first-order valence-corrected chi connectivity index (χ1v) is 7.04. The number of hydrogen-bond acceptors (Lipinski definition) is 2. The monoisotopic (exact) mass is 275 g/mol. The van der Waals surface area contributed by atoms with Crippen molar-refractivity contribution in [3.63, 3.8) is 0 Å². The Bertz CT molecular complexity index is 634. The first-order chi connectivity index (χ1) is 9.70. The summed E-state index contributed by atoms with van der Waals surface area (Å²) in [5.74, 6) is -0.384. The molecular weight excluding hydrogens is 257 g/mol. The van der Waals surface area contributed by atoms with Crippen LogP contribution in [0.3, 0.4) is 0 Å². The standard InChI is InChI=1S/C16H18FNO2/c1-20-16(19)10-6-7-12-13(9-18-15(12)8-10)11-4-2-3-5-14(11)17/h6-9,11,14,18H,2-5H2,1H3/t11-,14+/m0/s1. The molecule has 1 aliphatic rings. The summed E-state index contributed by atoms with van der Waals surface area (Å²) >= 11 is 0. The third-order valence-electron chi connectivity index (χ3n) is 4.22. The average Bonchev–Trinajstić information content (AvgIpc) is 2.90. The smallest absolute Gasteiger partial charge is 0.337 e. The maximum Gasteiger partial charge on any atom is 0.337 e. The molecule has 20 heavy (non-hydrogen) atoms. The van der Waals surface area contributed by atoms with Crippen molar-refractivity contribution in [1.29, 1.82) is 0 Å². The molecule has 0 radical (unpaired) electrons. The van der Waals surface area contributed by atoms with E-state index in [4.69, 9.17) is 4.74 Å². The highest BCUT2D eigenvalue weighted by Crippen LogP contribution is 2.38. The van der Waals surface area contributed by atoms with Gasteiger partial charge in [0, 0.05) is 23.0 Å². The maximum absolute atomic E-state index is 14.1. The highest BCUT2D eigenvalue weighted by molar-refractivity contribution is 5.95. The molecule has 0 unspecified atom stereocenters. The van der Waals surface area contributed by atoms with E-state index in [9.17, 15) is 9.18 Å². The molecule has 0 aliphatic heterocycles. The number of alkyl halides is 1. The molecule has 3 nitrogen and oxygen atoms in total. The average molecular weight is 275 g/mol. The zero-order chi connectivity index (χ0) is 14.1. The number of ether oxygens (including phenoxy) is 1. The Balaban J connectivity index is 1.99. The number of hydrogen-bond donors (Lipinski definition) is 1. The molecule has 1 saturated carbocycles. The van der Waals surface area contributed by atoms with Crippen LogP contribution in [0.5, 0.6) is 0 Å². The van der Waals surface area contributed by atoms with Gasteiger partial charge in [0.05, 0.1) is 12.7 Å². The van der Waals surface area contributed by atoms with Crippen LogP contribution in [-0.2, 0) is 4.74 Å². The van der Waals surface area contributed by atoms with Gasteiger partial charge < -0.3 is 9.72 Å². The van der Waals surface area contributed by atoms with E-state index in [1.165, 1.54) is 7.11 Å². The zero-order valence-corrected chi connectivity index (χ0v) is 11.5. The molecule has 2 aromatic rings. The van der Waals surface area contributed by atoms with Crippen LogP contribution in [0, 0.1) is 0 Å². The Kier molecular flexibility index (Phi) is 3.47. The minimum absolute atomic E-state index is 0.0264. The Morgan fingerprint density at radius 1 is 1.35 bits per heavy atom. The molecule has 1 aliphatic carbocycles. The molecule has 0 saturated heterocycles. The molecule has 4 heteroatoms. The van der Waals surface area contributed by atoms with E-state index in [2.05, 4.69) is 4.98 Å². The van der Waals surface area contributed by atoms with Gasteiger partial charge in [-0.15, -0.1) is 0 Å². The predicted molar refractivity (Wildman–Crippen MR) is 75.7 cm³/mol. The van der Waals surface area contributed by atoms with E-state index in [1.807, 2.05) is 12.3 Å². The molecule has 0 amide bonds. The van der Waals surface area contributed by atoms with E-state index >= 15 is 0 Å². The van der Waals surface area contributed by atoms with Crippen molar-refractivity contribution in [2.45, 2.75) is 37.8 Å². The molecule has 1 aromatic carbocycles. The molecule has 0 spiro atoms. The number of halogens is 1. The van der Waals surface area contributed by atoms with Gasteiger partial charge in [-0.25, -0.2) is 9.18 Å². The largest absolute Gasteiger partial charge is 0.465 e. The highest BCUT2D eigenvalue weighted by atomic mass is 19.1. The van der Waals surface area contributed by atoms with Crippen molar-refractivity contribution in [2.75, 3.05) is 7.11 Å². The Morgan fingerprint density at radius 3 is 2.90 bits per heavy atom. The summed E-state index contributed by atoms with van der Waals surface area (Å²) in [5.41, 5.74) is 2.40. The number of fused-ring (bicyclic) bond motifs is 1. The van der Waals surface area contributed by atoms with Gasteiger partial charge in [0.2, 0.25) is 0 Å². The van der Waals surface area contributed by atoms with Gasteiger partial charge in [-0.05, 0) is 30.5 Å². The maximum atomic E-state index is 14.1. The fraction of sp³-hybridized carbons (Fsp3) is 0.438. The molecule has 1 heterocycles. The molecular formula is C16H18FNO2. The fourth-order valence-electron chi connectivity index (χ4n) is 3.14. The molecule has 1 fully saturated rings. The fourth-order valence-corrected chi connectivity index (χ4v) is 3.14. The molecule has 1 N–H and O–H groups in total. The molecule has 1 aromatic heterocycles. The van der Waals surface area contributed by atoms with Crippen LogP contribution < -0.4 is 0 Å². The quantitative estimate of drug-likeness (QED) is 0.843. The lowest BCUT2D eigenvalue weighted by atomic mass is 9.82. The molecule has 3 rings (SSSR count). The Morgan fingerprint density at radius 2 is 2.15 bits per heavy atom. The molecule has 0 bridgehead atoms. The van der Waals surface area contributed by atoms with Crippen LogP contribution in [0.4, 0.5) is 4.39 Å². The summed E-state index contributed by atoms with van der Waals surface area (Å²) in [6, 6.07) is 5.39. The van der Waals surface area contributed by atoms with Crippen molar-refractivity contribution in [2.24, 2.45) is 0 Å². The van der Waals surface area contributed by atoms with Crippen molar-refractivity contribution in [1.82, 2.24) is 4.98 Å². The van der Waals surface area contributed by atoms with E-state index in [0.29, 0.717) is 12.0 Å². The normalized spacial score (nSPS) is 22.9. The van der Waals surface area contributed by atoms with Gasteiger partial charge in [-0.2, -0.15) is 0 Å². The van der Waals surface area contributed by atoms with E-state index in [0.717, 1.165) is 35.7 Å². The summed E-state index contributed by atoms with van der Waals surface area (Å²) in [6.45, 7) is 0. The number of esters is 1. The van der Waals surface area contributed by atoms with E-state index in [-0.39, 0.29) is 11.9 Å². The number of benzene rings is 1. The van der Waals surface area contributed by atoms with Gasteiger partial charge in [-0.3, -0.25) is 0 Å². The summed E-state index contributed by atoms with van der Waals surface area (Å²) < 4.78 is 18.8. The van der Waals surface area contributed by atoms with Gasteiger partial charge in [-0.1, -0.05) is 18.9 Å². The van der Waals surface area contributed by atoms with Gasteiger partial charge in [0.15, 0.2) is 0 Å². The van der Waals surface area contributed by atoms with Crippen LogP contribution in [0.25, 0.3) is 10.9 Å². The SMILES string of the molecule is COC(=O)c1ccc2c([C@@H]3CCCC[C@H]3F)c[nH]c2c1. The van der Waals surface area contributed by atoms with Crippen LogP contribution in [0.1, 0.15) is 47.5 Å². The number of methoxy groups -OCH3 is 1. The van der Waals surface area contributed by atoms with Crippen molar-refractivity contribution in [3.8, 4) is 0 Å². The Labute approximate surface area is 117 Å². The molecule has 2 atom stereocenters. The van der Waals surface area contributed by atoms with Crippen molar-refractivity contribution in [3.05, 3.63) is 35.5 Å². The first kappa shape index (κ1) is 13.2. The number of H-pyrrole nitrogens is 1. The third kappa shape index (κ3) is 2.19. The van der Waals surface area contributed by atoms with Crippen LogP contribution in [0.2, 0.25) is 0 Å². The number of rotatable bonds is 2. The topological polar surface area (TPSA) is 42.1 Å². The van der Waals surface area contributed by atoms with E-state index in [1.54, 1.807) is 12.1 Å². The number of carbonyl (C=O) groups excluding carboxylic acids is 1. The van der Waals surface area contributed by atoms with Crippen molar-refractivity contribution >= 4 is 16.9 Å². The van der Waals surface area contributed by atoms with E-state index < -0.39 is 6.17 Å². The van der Waals surface area contributed by atoms with Crippen LogP contribution in [-0.4, -0.2) is 24.2 Å². The van der Waals surface area contributed by atoms with Crippen LogP contribution in [0.15, 0.2) is 24.4 Å². The summed E-state index contributed by atoms with van der Waals surface area (Å²) in [7, 11) is 1.36. The number of carbonyl (C=O) groups is 1. The lowest BCUT2D eigenvalue weighted by Gasteiger charge is -2.25. The second-order valence-electron chi connectivity index (χ2n) is 5.40. The minimum Gasteiger partial charge on any atom is -0.465 e. The number of aromatic nitrogens is 1. The minimum atomic E-state index is -0.761. The van der Waals surface area contributed by atoms with Crippen LogP contribution >= 0.6 is 0 Å². The zero-order valence-electron chi connectivity index (χ0n) is 11.5. The van der Waals surface area contributed by atoms with Gasteiger partial charge in [0.25, 0.3) is 0 Å². The first-order valence-electron chi connectivity index (χ1n) is 7.04. The summed E-state index contributed by atoms with van der Waals surface area (Å²) in [5, 5.41) is 1.01. The van der Waals surface area contributed by atoms with Gasteiger partial charge in [0.1, 0.15) is 6.17 Å². The highest BCUT2D eigenvalue weighted by Gasteiger charge is 2.28. The lowest BCUT2D eigenvalue weighted by Crippen LogP contribution is -2.18. The van der Waals surface area contributed by atoms with Crippen molar-refractivity contribution < 1.29 is 13.9 Å². The lowest BCUT2D eigenvalue weighted by molar-refractivity contribution is 0.0601. The number of aromatic amines is 1. The number of nitrogens with one attached hydrogen (secondary N) is 1. The molecule has 106 valence electrons. The predicted octanol–water partition coefficient (Wildman–Crippen LogP) is 3.95. The second kappa shape index (κ2) is 5.27. The summed E-state index contributed by atoms with van der Waals surface area (Å²) in [4.78, 5) is 14.7.